The highest BCUT2D eigenvalue weighted by Crippen LogP contribution is 2.18. The summed E-state index contributed by atoms with van der Waals surface area (Å²) in [6, 6.07) is 7.37. The standard InChI is InChI=1S/C12H10F3N3O/c1-18-7-8(9-4-2-3-5-10(9)18)6-16-17-11(19)12(13,14)15/h2-7H,1H3,(H,17,19). The van der Waals surface area contributed by atoms with E-state index < -0.39 is 12.1 Å². The van der Waals surface area contributed by atoms with Gasteiger partial charge >= 0.3 is 12.1 Å². The number of carbonyl (C=O) groups is 1. The monoisotopic (exact) mass is 269 g/mol. The first-order valence-corrected chi connectivity index (χ1v) is 5.34. The summed E-state index contributed by atoms with van der Waals surface area (Å²) in [7, 11) is 1.81. The zero-order chi connectivity index (χ0) is 14.0. The maximum atomic E-state index is 11.9. The van der Waals surface area contributed by atoms with Gasteiger partial charge in [0.1, 0.15) is 0 Å². The average molecular weight is 269 g/mol. The maximum absolute atomic E-state index is 11.9. The minimum absolute atomic E-state index is 0.626. The van der Waals surface area contributed by atoms with Crippen LogP contribution in [0.2, 0.25) is 0 Å². The molecule has 0 aliphatic rings. The maximum Gasteiger partial charge on any atom is 0.473 e. The van der Waals surface area contributed by atoms with Gasteiger partial charge in [0.2, 0.25) is 0 Å². The van der Waals surface area contributed by atoms with Crippen molar-refractivity contribution in [3.05, 3.63) is 36.0 Å². The van der Waals surface area contributed by atoms with E-state index in [2.05, 4.69) is 5.10 Å². The van der Waals surface area contributed by atoms with Crippen molar-refractivity contribution >= 4 is 23.0 Å². The zero-order valence-electron chi connectivity index (χ0n) is 9.90. The minimum atomic E-state index is -4.93. The summed E-state index contributed by atoms with van der Waals surface area (Å²) >= 11 is 0. The lowest BCUT2D eigenvalue weighted by Crippen LogP contribution is -2.33. The number of aromatic nitrogens is 1. The Morgan fingerprint density at radius 3 is 2.74 bits per heavy atom. The topological polar surface area (TPSA) is 46.4 Å². The summed E-state index contributed by atoms with van der Waals surface area (Å²) in [5, 5.41) is 4.16. The molecule has 0 aliphatic carbocycles. The van der Waals surface area contributed by atoms with Gasteiger partial charge in [-0.25, -0.2) is 5.43 Å². The molecule has 1 amide bonds. The van der Waals surface area contributed by atoms with Crippen LogP contribution >= 0.6 is 0 Å². The van der Waals surface area contributed by atoms with Gasteiger partial charge in [0, 0.05) is 29.7 Å². The number of nitrogens with one attached hydrogen (secondary N) is 1. The predicted molar refractivity (Wildman–Crippen MR) is 64.7 cm³/mol. The fraction of sp³-hybridized carbons (Fsp3) is 0.167. The Kier molecular flexibility index (Phi) is 3.28. The SMILES string of the molecule is Cn1cc(C=NNC(=O)C(F)(F)F)c2ccccc21. The Balaban J connectivity index is 2.20. The second kappa shape index (κ2) is 4.75. The third-order valence-electron chi connectivity index (χ3n) is 2.55. The van der Waals surface area contributed by atoms with Gasteiger partial charge in [-0.15, -0.1) is 0 Å². The molecule has 1 aromatic carbocycles. The van der Waals surface area contributed by atoms with Crippen molar-refractivity contribution in [3.63, 3.8) is 0 Å². The number of rotatable bonds is 2. The van der Waals surface area contributed by atoms with Gasteiger partial charge in [-0.05, 0) is 6.07 Å². The van der Waals surface area contributed by atoms with Crippen LogP contribution in [0.1, 0.15) is 5.56 Å². The number of fused-ring (bicyclic) bond motifs is 1. The molecule has 2 aromatic rings. The molecule has 0 spiro atoms. The molecule has 0 atom stereocenters. The van der Waals surface area contributed by atoms with Crippen molar-refractivity contribution in [3.8, 4) is 0 Å². The van der Waals surface area contributed by atoms with Gasteiger partial charge in [-0.1, -0.05) is 18.2 Å². The highest BCUT2D eigenvalue weighted by Gasteiger charge is 2.38. The summed E-state index contributed by atoms with van der Waals surface area (Å²) in [5.74, 6) is -2.09. The Bertz CT molecular complexity index is 643. The van der Waals surface area contributed by atoms with Crippen LogP contribution in [-0.4, -0.2) is 22.9 Å². The lowest BCUT2D eigenvalue weighted by atomic mass is 10.2. The predicted octanol–water partition coefficient (Wildman–Crippen LogP) is 2.19. The van der Waals surface area contributed by atoms with E-state index in [4.69, 9.17) is 0 Å². The highest BCUT2D eigenvalue weighted by atomic mass is 19.4. The lowest BCUT2D eigenvalue weighted by Gasteiger charge is -2.02. The van der Waals surface area contributed by atoms with Crippen LogP contribution in [0.15, 0.2) is 35.6 Å². The number of hydrazone groups is 1. The Labute approximate surface area is 106 Å². The summed E-state index contributed by atoms with van der Waals surface area (Å²) in [6.45, 7) is 0. The Morgan fingerprint density at radius 2 is 2.05 bits per heavy atom. The van der Waals surface area contributed by atoms with Crippen molar-refractivity contribution < 1.29 is 18.0 Å². The van der Waals surface area contributed by atoms with E-state index in [-0.39, 0.29) is 0 Å². The quantitative estimate of drug-likeness (QED) is 0.659. The average Bonchev–Trinajstić information content (AvgIpc) is 2.66. The molecule has 0 saturated carbocycles. The molecule has 0 radical (unpaired) electrons. The molecule has 1 N–H and O–H groups in total. The molecule has 0 aliphatic heterocycles. The van der Waals surface area contributed by atoms with Crippen LogP contribution in [0.25, 0.3) is 10.9 Å². The molecule has 19 heavy (non-hydrogen) atoms. The zero-order valence-corrected chi connectivity index (χ0v) is 9.90. The number of halogens is 3. The van der Waals surface area contributed by atoms with Gasteiger partial charge in [-0.3, -0.25) is 4.79 Å². The van der Waals surface area contributed by atoms with E-state index in [9.17, 15) is 18.0 Å². The second-order valence-corrected chi connectivity index (χ2v) is 3.91. The van der Waals surface area contributed by atoms with Crippen LogP contribution in [-0.2, 0) is 11.8 Å². The van der Waals surface area contributed by atoms with Crippen molar-refractivity contribution in [1.82, 2.24) is 9.99 Å². The molecule has 2 rings (SSSR count). The molecule has 0 bridgehead atoms. The number of hydrogen-bond acceptors (Lipinski definition) is 2. The van der Waals surface area contributed by atoms with Gasteiger partial charge in [0.25, 0.3) is 0 Å². The van der Waals surface area contributed by atoms with E-state index in [1.54, 1.807) is 6.20 Å². The molecule has 0 fully saturated rings. The molecule has 0 unspecified atom stereocenters. The summed E-state index contributed by atoms with van der Waals surface area (Å²) in [6.07, 6.45) is -2.03. The Hall–Kier alpha value is -2.31. The number of carbonyl (C=O) groups excluding carboxylic acids is 1. The number of para-hydroxylation sites is 1. The fourth-order valence-electron chi connectivity index (χ4n) is 1.70. The van der Waals surface area contributed by atoms with E-state index >= 15 is 0 Å². The normalized spacial score (nSPS) is 12.2. The molecule has 100 valence electrons. The van der Waals surface area contributed by atoms with Gasteiger partial charge < -0.3 is 4.57 Å². The largest absolute Gasteiger partial charge is 0.473 e. The number of amides is 1. The molecular weight excluding hydrogens is 259 g/mol. The van der Waals surface area contributed by atoms with Crippen LogP contribution in [0.5, 0.6) is 0 Å². The van der Waals surface area contributed by atoms with E-state index in [1.165, 1.54) is 11.6 Å². The lowest BCUT2D eigenvalue weighted by molar-refractivity contribution is -0.173. The third-order valence-corrected chi connectivity index (χ3v) is 2.55. The first-order chi connectivity index (χ1) is 8.89. The van der Waals surface area contributed by atoms with Crippen molar-refractivity contribution in [1.29, 1.82) is 0 Å². The van der Waals surface area contributed by atoms with Crippen molar-refractivity contribution in [2.45, 2.75) is 6.18 Å². The number of alkyl halides is 3. The van der Waals surface area contributed by atoms with Gasteiger partial charge in [-0.2, -0.15) is 18.3 Å². The number of aryl methyl sites for hydroxylation is 1. The van der Waals surface area contributed by atoms with Crippen LogP contribution in [0, 0.1) is 0 Å². The molecule has 1 heterocycles. The molecule has 4 nitrogen and oxygen atoms in total. The van der Waals surface area contributed by atoms with E-state index in [1.807, 2.05) is 35.9 Å². The summed E-state index contributed by atoms with van der Waals surface area (Å²) in [4.78, 5) is 10.6. The summed E-state index contributed by atoms with van der Waals surface area (Å²) in [5.41, 5.74) is 2.99. The first kappa shape index (κ1) is 13.1. The Morgan fingerprint density at radius 1 is 1.37 bits per heavy atom. The minimum Gasteiger partial charge on any atom is -0.350 e. The second-order valence-electron chi connectivity index (χ2n) is 3.91. The smallest absolute Gasteiger partial charge is 0.350 e. The molecular formula is C12H10F3N3O. The first-order valence-electron chi connectivity index (χ1n) is 5.34. The highest BCUT2D eigenvalue weighted by molar-refractivity contribution is 5.99. The third kappa shape index (κ3) is 2.75. The van der Waals surface area contributed by atoms with Gasteiger partial charge in [0.05, 0.1) is 6.21 Å². The fourth-order valence-corrected chi connectivity index (χ4v) is 1.70. The van der Waals surface area contributed by atoms with Crippen molar-refractivity contribution in [2.24, 2.45) is 12.1 Å². The van der Waals surface area contributed by atoms with E-state index in [0.29, 0.717) is 5.56 Å². The van der Waals surface area contributed by atoms with E-state index in [0.717, 1.165) is 10.9 Å². The summed E-state index contributed by atoms with van der Waals surface area (Å²) < 4.78 is 37.6. The van der Waals surface area contributed by atoms with Gasteiger partial charge in [0.15, 0.2) is 0 Å². The van der Waals surface area contributed by atoms with Crippen LogP contribution in [0.3, 0.4) is 0 Å². The van der Waals surface area contributed by atoms with Crippen LogP contribution < -0.4 is 5.43 Å². The molecule has 0 saturated heterocycles. The molecule has 1 aromatic heterocycles. The molecule has 7 heteroatoms. The number of hydrogen-bond donors (Lipinski definition) is 1. The van der Waals surface area contributed by atoms with Crippen LogP contribution in [0.4, 0.5) is 13.2 Å². The number of nitrogens with zero attached hydrogens (tertiary/aromatic N) is 2. The number of benzene rings is 1. The van der Waals surface area contributed by atoms with Crippen molar-refractivity contribution in [2.75, 3.05) is 0 Å².